The van der Waals surface area contributed by atoms with Gasteiger partial charge in [0.05, 0.1) is 6.61 Å². The van der Waals surface area contributed by atoms with Crippen molar-refractivity contribution >= 4 is 19.8 Å². The Hall–Kier alpha value is -2.45. The van der Waals surface area contributed by atoms with Gasteiger partial charge in [-0.1, -0.05) is 164 Å². The number of unbranched alkanes of at least 4 members (excludes halogenated alkanes) is 15. The van der Waals surface area contributed by atoms with E-state index in [1.54, 1.807) is 0 Å². The van der Waals surface area contributed by atoms with Crippen molar-refractivity contribution < 1.29 is 63.1 Å². The largest absolute Gasteiger partial charge is 0.472 e. The molecule has 14 heteroatoms. The molecule has 0 aromatic heterocycles. The lowest BCUT2D eigenvalue weighted by Gasteiger charge is -2.41. The van der Waals surface area contributed by atoms with Crippen LogP contribution in [-0.2, 0) is 32.7 Å². The van der Waals surface area contributed by atoms with Gasteiger partial charge in [0, 0.05) is 12.8 Å². The van der Waals surface area contributed by atoms with E-state index >= 15 is 0 Å². The number of hydrogen-bond donors (Lipinski definition) is 6. The fourth-order valence-corrected chi connectivity index (χ4v) is 7.65. The van der Waals surface area contributed by atoms with Crippen molar-refractivity contribution in [3.8, 4) is 0 Å². The first-order chi connectivity index (χ1) is 29.4. The number of hydrogen-bond acceptors (Lipinski definition) is 12. The van der Waals surface area contributed by atoms with Crippen LogP contribution in [-0.4, -0.2) is 98.3 Å². The molecule has 1 rings (SSSR count). The molecule has 0 amide bonds. The lowest BCUT2D eigenvalue weighted by molar-refractivity contribution is -0.220. The molecule has 0 saturated heterocycles. The Morgan fingerprint density at radius 2 is 0.934 bits per heavy atom. The van der Waals surface area contributed by atoms with Gasteiger partial charge in [0.25, 0.3) is 0 Å². The summed E-state index contributed by atoms with van der Waals surface area (Å²) in [6.07, 6.45) is 31.4. The molecular formula is C47H81O13P. The number of aliphatic hydroxyl groups is 5. The first kappa shape index (κ1) is 56.6. The van der Waals surface area contributed by atoms with Crippen LogP contribution in [0.5, 0.6) is 0 Å². The molecule has 1 saturated carbocycles. The third-order valence-corrected chi connectivity index (χ3v) is 11.4. The molecule has 0 aromatic carbocycles. The molecule has 0 heterocycles. The van der Waals surface area contributed by atoms with E-state index < -0.39 is 75.7 Å². The van der Waals surface area contributed by atoms with Crippen LogP contribution in [0.25, 0.3) is 0 Å². The molecule has 8 atom stereocenters. The van der Waals surface area contributed by atoms with Gasteiger partial charge in [-0.05, 0) is 51.4 Å². The Morgan fingerprint density at radius 3 is 1.41 bits per heavy atom. The number of ether oxygens (including phenoxy) is 2. The molecule has 6 N–H and O–H groups in total. The molecule has 61 heavy (non-hydrogen) atoms. The number of esters is 2. The molecule has 1 aliphatic carbocycles. The minimum absolute atomic E-state index is 0.0176. The van der Waals surface area contributed by atoms with E-state index in [1.165, 1.54) is 70.6 Å². The summed E-state index contributed by atoms with van der Waals surface area (Å²) in [5.41, 5.74) is 0. The highest BCUT2D eigenvalue weighted by Crippen LogP contribution is 2.47. The fraction of sp³-hybridized carbons (Fsp3) is 0.745. The maximum absolute atomic E-state index is 12.8. The Balaban J connectivity index is 2.51. The van der Waals surface area contributed by atoms with Gasteiger partial charge in [-0.2, -0.15) is 0 Å². The second kappa shape index (κ2) is 37.0. The SMILES string of the molecule is CC/C=C/C/C=C/C/C=C/C/C=C/C/C=C/CCCC(=O)O[C@H](COC(=O)CCCCCCCCCCCCCCCCC)COP(=O)(O)OC1C(O)C(O)C(O)[C@H](O)C1O. The molecule has 1 aliphatic rings. The van der Waals surface area contributed by atoms with E-state index in [4.69, 9.17) is 18.5 Å². The normalized spacial score (nSPS) is 22.6. The monoisotopic (exact) mass is 885 g/mol. The fourth-order valence-electron chi connectivity index (χ4n) is 6.68. The van der Waals surface area contributed by atoms with E-state index in [9.17, 15) is 44.6 Å². The van der Waals surface area contributed by atoms with Crippen LogP contribution in [0.3, 0.4) is 0 Å². The summed E-state index contributed by atoms with van der Waals surface area (Å²) in [5, 5.41) is 50.1. The highest BCUT2D eigenvalue weighted by atomic mass is 31.2. The molecule has 352 valence electrons. The van der Waals surface area contributed by atoms with Gasteiger partial charge in [-0.3, -0.25) is 18.6 Å². The average molecular weight is 885 g/mol. The molecule has 0 spiro atoms. The number of allylic oxidation sites excluding steroid dienone is 10. The van der Waals surface area contributed by atoms with Crippen LogP contribution in [0.2, 0.25) is 0 Å². The Kier molecular flexibility index (Phi) is 34.3. The smallest absolute Gasteiger partial charge is 0.462 e. The zero-order valence-electron chi connectivity index (χ0n) is 37.2. The molecule has 1 fully saturated rings. The summed E-state index contributed by atoms with van der Waals surface area (Å²) in [7, 11) is -5.13. The highest BCUT2D eigenvalue weighted by Gasteiger charge is 2.51. The maximum Gasteiger partial charge on any atom is 0.472 e. The highest BCUT2D eigenvalue weighted by molar-refractivity contribution is 7.47. The molecular weight excluding hydrogens is 803 g/mol. The Bertz CT molecular complexity index is 1300. The topological polar surface area (TPSA) is 210 Å². The Labute approximate surface area is 366 Å². The van der Waals surface area contributed by atoms with E-state index in [-0.39, 0.29) is 12.8 Å². The van der Waals surface area contributed by atoms with Crippen LogP contribution in [0, 0.1) is 0 Å². The van der Waals surface area contributed by atoms with Crippen molar-refractivity contribution in [1.82, 2.24) is 0 Å². The van der Waals surface area contributed by atoms with Gasteiger partial charge in [-0.25, -0.2) is 4.57 Å². The summed E-state index contributed by atoms with van der Waals surface area (Å²) >= 11 is 0. The standard InChI is InChI=1S/C47H81O13P/c1-3-5-7-9-11-13-15-17-19-20-22-24-26-28-30-32-34-36-41(49)59-39(38-58-61(55,56)60-47-45(53)43(51)42(50)44(52)46(47)54)37-57-40(48)35-33-31-29-27-25-23-21-18-16-14-12-10-8-6-4-2/h5,7,11,13,17,19,22,24,28,30,39,42-47,50-54H,3-4,6,8-10,12,14-16,18,20-21,23,25-27,29,31-38H2,1-2H3,(H,55,56)/b7-5+,13-11+,19-17+,24-22+,30-28+/t39-,42?,43+,44?,45?,46?,47?/m1/s1. The molecule has 0 radical (unpaired) electrons. The minimum Gasteiger partial charge on any atom is -0.462 e. The van der Waals surface area contributed by atoms with Crippen molar-refractivity contribution in [2.45, 2.75) is 211 Å². The first-order valence-electron chi connectivity index (χ1n) is 23.1. The third kappa shape index (κ3) is 29.5. The molecule has 0 aliphatic heterocycles. The summed E-state index contributed by atoms with van der Waals surface area (Å²) in [5.74, 6) is -1.17. The average Bonchev–Trinajstić information content (AvgIpc) is 3.24. The number of rotatable bonds is 37. The van der Waals surface area contributed by atoms with Gasteiger partial charge in [-0.15, -0.1) is 0 Å². The van der Waals surface area contributed by atoms with E-state index in [0.29, 0.717) is 19.3 Å². The van der Waals surface area contributed by atoms with Crippen molar-refractivity contribution in [1.29, 1.82) is 0 Å². The molecule has 6 unspecified atom stereocenters. The number of phosphoric acid groups is 1. The van der Waals surface area contributed by atoms with E-state index in [1.807, 2.05) is 12.2 Å². The van der Waals surface area contributed by atoms with Crippen LogP contribution < -0.4 is 0 Å². The molecule has 13 nitrogen and oxygen atoms in total. The maximum atomic E-state index is 12.8. The number of aliphatic hydroxyl groups excluding tert-OH is 5. The van der Waals surface area contributed by atoms with Crippen molar-refractivity contribution in [3.63, 3.8) is 0 Å². The predicted octanol–water partition coefficient (Wildman–Crippen LogP) is 8.94. The second-order valence-electron chi connectivity index (χ2n) is 15.9. The van der Waals surface area contributed by atoms with Gasteiger partial charge in [0.1, 0.15) is 43.2 Å². The zero-order chi connectivity index (χ0) is 45.0. The number of phosphoric ester groups is 1. The quantitative estimate of drug-likeness (QED) is 0.0149. The summed E-state index contributed by atoms with van der Waals surface area (Å²) in [6, 6.07) is 0. The number of carbonyl (C=O) groups excluding carboxylic acids is 2. The van der Waals surface area contributed by atoms with E-state index in [0.717, 1.165) is 51.4 Å². The second-order valence-corrected chi connectivity index (χ2v) is 17.3. The first-order valence-corrected chi connectivity index (χ1v) is 24.6. The zero-order valence-corrected chi connectivity index (χ0v) is 38.1. The van der Waals surface area contributed by atoms with Gasteiger partial charge in [0.15, 0.2) is 6.10 Å². The van der Waals surface area contributed by atoms with Crippen LogP contribution in [0.1, 0.15) is 168 Å². The van der Waals surface area contributed by atoms with Crippen molar-refractivity contribution in [3.05, 3.63) is 60.8 Å². The summed E-state index contributed by atoms with van der Waals surface area (Å²) in [6.45, 7) is 3.14. The van der Waals surface area contributed by atoms with Crippen LogP contribution in [0.4, 0.5) is 0 Å². The number of carbonyl (C=O) groups is 2. The van der Waals surface area contributed by atoms with Gasteiger partial charge >= 0.3 is 19.8 Å². The lowest BCUT2D eigenvalue weighted by Crippen LogP contribution is -2.64. The van der Waals surface area contributed by atoms with E-state index in [2.05, 4.69) is 62.5 Å². The summed E-state index contributed by atoms with van der Waals surface area (Å²) in [4.78, 5) is 35.7. The van der Waals surface area contributed by atoms with Gasteiger partial charge in [0.2, 0.25) is 0 Å². The van der Waals surface area contributed by atoms with Crippen molar-refractivity contribution in [2.75, 3.05) is 13.2 Å². The summed E-state index contributed by atoms with van der Waals surface area (Å²) < 4.78 is 33.5. The van der Waals surface area contributed by atoms with Gasteiger partial charge < -0.3 is 39.9 Å². The van der Waals surface area contributed by atoms with Crippen molar-refractivity contribution in [2.24, 2.45) is 0 Å². The Morgan fingerprint density at radius 1 is 0.525 bits per heavy atom. The molecule has 0 aromatic rings. The van der Waals surface area contributed by atoms with Crippen LogP contribution >= 0.6 is 7.82 Å². The van der Waals surface area contributed by atoms with Crippen LogP contribution in [0.15, 0.2) is 60.8 Å². The minimum atomic E-state index is -5.13. The lowest BCUT2D eigenvalue weighted by atomic mass is 9.85. The molecule has 0 bridgehead atoms. The predicted molar refractivity (Wildman–Crippen MR) is 239 cm³/mol. The third-order valence-electron chi connectivity index (χ3n) is 10.4.